The van der Waals surface area contributed by atoms with E-state index in [2.05, 4.69) is 4.98 Å². The Morgan fingerprint density at radius 3 is 2.62 bits per heavy atom. The summed E-state index contributed by atoms with van der Waals surface area (Å²) in [4.78, 5) is 4.67. The molecule has 0 aliphatic heterocycles. The second-order valence-electron chi connectivity index (χ2n) is 3.20. The van der Waals surface area contributed by atoms with Crippen molar-refractivity contribution in [1.82, 2.24) is 4.98 Å². The average molecular weight is 235 g/mol. The third-order valence-corrected chi connectivity index (χ3v) is 3.03. The lowest BCUT2D eigenvalue weighted by molar-refractivity contribution is 0.281. The molecular weight excluding hydrogens is 225 g/mol. The number of aliphatic hydroxyl groups is 1. The fraction of sp³-hybridized carbons (Fsp3) is 0.0833. The number of nitrogens with zero attached hydrogens (tertiary/aromatic N) is 1. The zero-order valence-electron chi connectivity index (χ0n) is 8.43. The summed E-state index contributed by atoms with van der Waals surface area (Å²) in [7, 11) is 0. The Balaban J connectivity index is 2.18. The Hall–Kier alpha value is -1.39. The number of aromatic nitrogens is 1. The van der Waals surface area contributed by atoms with Crippen molar-refractivity contribution in [2.24, 2.45) is 0 Å². The van der Waals surface area contributed by atoms with Crippen molar-refractivity contribution >= 4 is 11.8 Å². The molecule has 1 N–H and O–H groups in total. The van der Waals surface area contributed by atoms with Crippen LogP contribution >= 0.6 is 11.8 Å². The van der Waals surface area contributed by atoms with Crippen LogP contribution in [0, 0.1) is 5.82 Å². The molecular formula is C12H10FNOS. The molecule has 0 spiro atoms. The highest BCUT2D eigenvalue weighted by Crippen LogP contribution is 2.27. The summed E-state index contributed by atoms with van der Waals surface area (Å²) in [5.74, 6) is -0.250. The van der Waals surface area contributed by atoms with Crippen LogP contribution in [0.1, 0.15) is 5.56 Å². The molecule has 4 heteroatoms. The smallest absolute Gasteiger partial charge is 0.137 e. The lowest BCUT2D eigenvalue weighted by atomic mass is 10.3. The predicted molar refractivity (Wildman–Crippen MR) is 60.7 cm³/mol. The predicted octanol–water partition coefficient (Wildman–Crippen LogP) is 2.86. The molecule has 0 amide bonds. The van der Waals surface area contributed by atoms with Crippen LogP contribution in [-0.4, -0.2) is 10.1 Å². The lowest BCUT2D eigenvalue weighted by Gasteiger charge is -2.02. The quantitative estimate of drug-likeness (QED) is 0.888. The van der Waals surface area contributed by atoms with Crippen LogP contribution in [-0.2, 0) is 6.61 Å². The Morgan fingerprint density at radius 1 is 1.19 bits per heavy atom. The van der Waals surface area contributed by atoms with Crippen LogP contribution in [0.2, 0.25) is 0 Å². The number of hydrogen-bond donors (Lipinski definition) is 1. The summed E-state index contributed by atoms with van der Waals surface area (Å²) in [5, 5.41) is 9.57. The number of aliphatic hydroxyl groups excluding tert-OH is 1. The van der Waals surface area contributed by atoms with Gasteiger partial charge in [-0.2, -0.15) is 0 Å². The number of rotatable bonds is 3. The molecule has 2 rings (SSSR count). The van der Waals surface area contributed by atoms with Gasteiger partial charge in [0.25, 0.3) is 0 Å². The van der Waals surface area contributed by atoms with E-state index in [1.807, 2.05) is 0 Å². The molecule has 0 aliphatic rings. The van der Waals surface area contributed by atoms with Crippen LogP contribution < -0.4 is 0 Å². The Morgan fingerprint density at radius 2 is 2.00 bits per heavy atom. The summed E-state index contributed by atoms with van der Waals surface area (Å²) in [6.07, 6.45) is 1.59. The molecule has 1 aromatic heterocycles. The number of pyridine rings is 1. The van der Waals surface area contributed by atoms with Crippen LogP contribution in [0.5, 0.6) is 0 Å². The molecule has 0 fully saturated rings. The van der Waals surface area contributed by atoms with Crippen molar-refractivity contribution in [2.75, 3.05) is 0 Å². The summed E-state index contributed by atoms with van der Waals surface area (Å²) >= 11 is 1.27. The number of halogens is 1. The van der Waals surface area contributed by atoms with Crippen LogP contribution in [0.3, 0.4) is 0 Å². The van der Waals surface area contributed by atoms with Crippen molar-refractivity contribution in [2.45, 2.75) is 16.5 Å². The van der Waals surface area contributed by atoms with Gasteiger partial charge in [0.15, 0.2) is 0 Å². The Kier molecular flexibility index (Phi) is 3.54. The second kappa shape index (κ2) is 5.09. The van der Waals surface area contributed by atoms with E-state index in [1.54, 1.807) is 36.5 Å². The topological polar surface area (TPSA) is 33.1 Å². The molecule has 0 bridgehead atoms. The zero-order valence-corrected chi connectivity index (χ0v) is 9.25. The van der Waals surface area contributed by atoms with Crippen LogP contribution in [0.4, 0.5) is 4.39 Å². The molecule has 0 unspecified atom stereocenters. The highest BCUT2D eigenvalue weighted by atomic mass is 32.2. The van der Waals surface area contributed by atoms with Crippen molar-refractivity contribution in [3.8, 4) is 0 Å². The molecule has 0 atom stereocenters. The van der Waals surface area contributed by atoms with Gasteiger partial charge in [0.05, 0.1) is 6.61 Å². The maximum absolute atomic E-state index is 13.3. The van der Waals surface area contributed by atoms with Crippen LogP contribution in [0.15, 0.2) is 52.5 Å². The highest BCUT2D eigenvalue weighted by molar-refractivity contribution is 7.99. The molecule has 2 nitrogen and oxygen atoms in total. The third kappa shape index (κ3) is 2.59. The van der Waals surface area contributed by atoms with Crippen LogP contribution in [0.25, 0.3) is 0 Å². The van der Waals surface area contributed by atoms with E-state index >= 15 is 0 Å². The summed E-state index contributed by atoms with van der Waals surface area (Å²) < 4.78 is 13.3. The minimum Gasteiger partial charge on any atom is -0.392 e. The van der Waals surface area contributed by atoms with Gasteiger partial charge in [0.2, 0.25) is 0 Å². The van der Waals surface area contributed by atoms with Gasteiger partial charge in [0.1, 0.15) is 10.8 Å². The standard InChI is InChI=1S/C12H10FNOS/c13-10-3-1-2-4-11(10)16-12-6-5-9(8-15)7-14-12/h1-7,15H,8H2. The first-order valence-electron chi connectivity index (χ1n) is 4.78. The number of benzene rings is 1. The van der Waals surface area contributed by atoms with E-state index < -0.39 is 0 Å². The summed E-state index contributed by atoms with van der Waals surface area (Å²) in [5.41, 5.74) is 0.748. The van der Waals surface area contributed by atoms with Gasteiger partial charge in [-0.1, -0.05) is 30.0 Å². The van der Waals surface area contributed by atoms with Gasteiger partial charge >= 0.3 is 0 Å². The Labute approximate surface area is 97.2 Å². The maximum Gasteiger partial charge on any atom is 0.137 e. The molecule has 0 aliphatic carbocycles. The van der Waals surface area contributed by atoms with Gasteiger partial charge in [-0.05, 0) is 23.8 Å². The first kappa shape index (κ1) is 11.1. The molecule has 16 heavy (non-hydrogen) atoms. The SMILES string of the molecule is OCc1ccc(Sc2ccccc2F)nc1. The third-order valence-electron chi connectivity index (χ3n) is 2.03. The number of hydrogen-bond acceptors (Lipinski definition) is 3. The highest BCUT2D eigenvalue weighted by Gasteiger charge is 2.03. The zero-order chi connectivity index (χ0) is 11.4. The molecule has 1 aromatic carbocycles. The minimum atomic E-state index is -0.250. The molecule has 2 aromatic rings. The fourth-order valence-electron chi connectivity index (χ4n) is 1.20. The molecule has 0 saturated heterocycles. The molecule has 0 saturated carbocycles. The van der Waals surface area contributed by atoms with Gasteiger partial charge in [-0.25, -0.2) is 9.37 Å². The van der Waals surface area contributed by atoms with Gasteiger partial charge in [-0.3, -0.25) is 0 Å². The normalized spacial score (nSPS) is 10.4. The van der Waals surface area contributed by atoms with E-state index in [9.17, 15) is 4.39 Å². The monoisotopic (exact) mass is 235 g/mol. The molecule has 0 radical (unpaired) electrons. The lowest BCUT2D eigenvalue weighted by Crippen LogP contribution is -1.87. The van der Waals surface area contributed by atoms with Crippen molar-refractivity contribution in [1.29, 1.82) is 0 Å². The van der Waals surface area contributed by atoms with Gasteiger partial charge in [0, 0.05) is 11.1 Å². The van der Waals surface area contributed by atoms with Gasteiger partial charge < -0.3 is 5.11 Å². The Bertz CT molecular complexity index is 473. The van der Waals surface area contributed by atoms with E-state index in [-0.39, 0.29) is 12.4 Å². The van der Waals surface area contributed by atoms with E-state index in [1.165, 1.54) is 17.8 Å². The second-order valence-corrected chi connectivity index (χ2v) is 4.26. The largest absolute Gasteiger partial charge is 0.392 e. The maximum atomic E-state index is 13.3. The first-order valence-corrected chi connectivity index (χ1v) is 5.59. The molecule has 1 heterocycles. The summed E-state index contributed by atoms with van der Waals surface area (Å²) in [6, 6.07) is 10.1. The van der Waals surface area contributed by atoms with E-state index in [4.69, 9.17) is 5.11 Å². The molecule has 82 valence electrons. The van der Waals surface area contributed by atoms with Crippen molar-refractivity contribution < 1.29 is 9.50 Å². The average Bonchev–Trinajstić information content (AvgIpc) is 2.33. The minimum absolute atomic E-state index is 0.0301. The first-order chi connectivity index (χ1) is 7.79. The fourth-order valence-corrected chi connectivity index (χ4v) is 1.98. The van der Waals surface area contributed by atoms with Gasteiger partial charge in [-0.15, -0.1) is 0 Å². The van der Waals surface area contributed by atoms with E-state index in [0.29, 0.717) is 9.92 Å². The summed E-state index contributed by atoms with van der Waals surface area (Å²) in [6.45, 7) is -0.0301. The van der Waals surface area contributed by atoms with Crippen molar-refractivity contribution in [3.05, 3.63) is 54.0 Å². The van der Waals surface area contributed by atoms with E-state index in [0.717, 1.165) is 5.56 Å². The van der Waals surface area contributed by atoms with Crippen molar-refractivity contribution in [3.63, 3.8) is 0 Å².